The van der Waals surface area contributed by atoms with Crippen LogP contribution in [0.25, 0.3) is 0 Å². The van der Waals surface area contributed by atoms with E-state index in [0.717, 1.165) is 35.8 Å². The third-order valence-electron chi connectivity index (χ3n) is 4.81. The van der Waals surface area contributed by atoms with E-state index in [2.05, 4.69) is 6.07 Å². The van der Waals surface area contributed by atoms with E-state index >= 15 is 0 Å². The molecular formula is C17H21ClO3. The minimum atomic E-state index is -1.21. The van der Waals surface area contributed by atoms with Crippen LogP contribution in [-0.4, -0.2) is 11.3 Å². The van der Waals surface area contributed by atoms with Crippen LogP contribution in [0.4, 0.5) is 4.79 Å². The highest BCUT2D eigenvalue weighted by Crippen LogP contribution is 2.38. The maximum atomic E-state index is 10.7. The first-order valence-electron chi connectivity index (χ1n) is 7.84. The summed E-state index contributed by atoms with van der Waals surface area (Å²) in [5.74, 6) is 0.752. The number of carboxylic acid groups (broad SMARTS) is 1. The van der Waals surface area contributed by atoms with Crippen LogP contribution in [0.5, 0.6) is 0 Å². The Labute approximate surface area is 130 Å². The van der Waals surface area contributed by atoms with Gasteiger partial charge < -0.3 is 9.84 Å². The highest BCUT2D eigenvalue weighted by Gasteiger charge is 2.27. The Balaban J connectivity index is 1.77. The van der Waals surface area contributed by atoms with Gasteiger partial charge in [-0.05, 0) is 47.9 Å². The minimum absolute atomic E-state index is 0.348. The standard InChI is InChI=1S/C17H21ClO3/c18-15-10-14-12(6-7-16(14)21-17(19)20)9-13(15)8-11-4-2-1-3-5-11/h9-11,16H,1-8H2,(H,19,20). The molecule has 0 bridgehead atoms. The Morgan fingerprint density at radius 2 is 2.00 bits per heavy atom. The summed E-state index contributed by atoms with van der Waals surface area (Å²) in [5.41, 5.74) is 3.38. The van der Waals surface area contributed by atoms with E-state index in [4.69, 9.17) is 21.4 Å². The molecule has 0 heterocycles. The Bertz CT molecular complexity index is 535. The van der Waals surface area contributed by atoms with Crippen molar-refractivity contribution in [2.24, 2.45) is 5.92 Å². The number of aryl methyl sites for hydroxylation is 1. The Morgan fingerprint density at radius 1 is 1.24 bits per heavy atom. The maximum Gasteiger partial charge on any atom is 0.506 e. The molecule has 4 heteroatoms. The number of carbonyl (C=O) groups is 1. The number of halogens is 1. The number of hydrogen-bond acceptors (Lipinski definition) is 2. The average molecular weight is 309 g/mol. The molecule has 0 spiro atoms. The fraction of sp³-hybridized carbons (Fsp3) is 0.588. The van der Waals surface area contributed by atoms with Crippen LogP contribution in [0.2, 0.25) is 5.02 Å². The SMILES string of the molecule is O=C(O)OC1CCc2cc(CC3CCCCC3)c(Cl)cc21. The van der Waals surface area contributed by atoms with Crippen molar-refractivity contribution < 1.29 is 14.6 Å². The quantitative estimate of drug-likeness (QED) is 0.786. The van der Waals surface area contributed by atoms with Crippen molar-refractivity contribution in [1.82, 2.24) is 0 Å². The van der Waals surface area contributed by atoms with Gasteiger partial charge in [-0.2, -0.15) is 0 Å². The average Bonchev–Trinajstić information content (AvgIpc) is 2.82. The molecule has 2 aliphatic carbocycles. The molecule has 3 nitrogen and oxygen atoms in total. The van der Waals surface area contributed by atoms with Gasteiger partial charge in [0, 0.05) is 5.02 Å². The van der Waals surface area contributed by atoms with Crippen molar-refractivity contribution in [3.63, 3.8) is 0 Å². The van der Waals surface area contributed by atoms with E-state index in [1.807, 2.05) is 6.07 Å². The van der Waals surface area contributed by atoms with Crippen LogP contribution in [-0.2, 0) is 17.6 Å². The first-order valence-corrected chi connectivity index (χ1v) is 8.22. The van der Waals surface area contributed by atoms with Crippen LogP contribution >= 0.6 is 11.6 Å². The molecule has 1 fully saturated rings. The van der Waals surface area contributed by atoms with Crippen molar-refractivity contribution in [2.45, 2.75) is 57.5 Å². The first kappa shape index (κ1) is 14.7. The van der Waals surface area contributed by atoms with Crippen molar-refractivity contribution in [1.29, 1.82) is 0 Å². The fourth-order valence-corrected chi connectivity index (χ4v) is 3.99. The smallest absolute Gasteiger partial charge is 0.450 e. The van der Waals surface area contributed by atoms with Crippen molar-refractivity contribution in [3.05, 3.63) is 33.8 Å². The lowest BCUT2D eigenvalue weighted by molar-refractivity contribution is 0.0520. The van der Waals surface area contributed by atoms with Crippen molar-refractivity contribution >= 4 is 17.8 Å². The largest absolute Gasteiger partial charge is 0.506 e. The van der Waals surface area contributed by atoms with E-state index in [1.54, 1.807) is 0 Å². The fourth-order valence-electron chi connectivity index (χ4n) is 3.75. The second-order valence-corrected chi connectivity index (χ2v) is 6.67. The summed E-state index contributed by atoms with van der Waals surface area (Å²) in [6, 6.07) is 4.10. The van der Waals surface area contributed by atoms with Gasteiger partial charge in [0.1, 0.15) is 6.10 Å². The Hall–Kier alpha value is -1.22. The lowest BCUT2D eigenvalue weighted by Gasteiger charge is -2.22. The molecule has 0 aromatic heterocycles. The third kappa shape index (κ3) is 3.34. The maximum absolute atomic E-state index is 10.7. The van der Waals surface area contributed by atoms with E-state index in [9.17, 15) is 4.79 Å². The number of benzene rings is 1. The van der Waals surface area contributed by atoms with Crippen LogP contribution < -0.4 is 0 Å². The molecule has 1 unspecified atom stereocenters. The van der Waals surface area contributed by atoms with Crippen molar-refractivity contribution in [3.8, 4) is 0 Å². The predicted molar refractivity (Wildman–Crippen MR) is 81.9 cm³/mol. The van der Waals surface area contributed by atoms with Crippen LogP contribution in [0.1, 0.15) is 61.3 Å². The zero-order chi connectivity index (χ0) is 14.8. The van der Waals surface area contributed by atoms with Gasteiger partial charge in [-0.3, -0.25) is 0 Å². The molecule has 1 aromatic rings. The van der Waals surface area contributed by atoms with E-state index in [1.165, 1.54) is 43.2 Å². The normalized spacial score (nSPS) is 22.0. The summed E-state index contributed by atoms with van der Waals surface area (Å²) in [5, 5.41) is 9.55. The summed E-state index contributed by atoms with van der Waals surface area (Å²) < 4.78 is 4.94. The van der Waals surface area contributed by atoms with Gasteiger partial charge in [0.2, 0.25) is 0 Å². The molecule has 3 rings (SSSR count). The highest BCUT2D eigenvalue weighted by atomic mass is 35.5. The van der Waals surface area contributed by atoms with Crippen LogP contribution in [0.3, 0.4) is 0 Å². The lowest BCUT2D eigenvalue weighted by Crippen LogP contribution is -2.10. The predicted octanol–water partition coefficient (Wildman–Crippen LogP) is 5.14. The second kappa shape index (κ2) is 6.27. The number of ether oxygens (including phenoxy) is 1. The Kier molecular flexibility index (Phi) is 4.39. The highest BCUT2D eigenvalue weighted by molar-refractivity contribution is 6.31. The first-order chi connectivity index (χ1) is 10.1. The minimum Gasteiger partial charge on any atom is -0.450 e. The second-order valence-electron chi connectivity index (χ2n) is 6.26. The lowest BCUT2D eigenvalue weighted by atomic mass is 9.84. The molecule has 1 atom stereocenters. The van der Waals surface area contributed by atoms with Gasteiger partial charge in [0.15, 0.2) is 0 Å². The van der Waals surface area contributed by atoms with Crippen LogP contribution in [0, 0.1) is 5.92 Å². The molecule has 1 aromatic carbocycles. The van der Waals surface area contributed by atoms with Gasteiger partial charge in [0.05, 0.1) is 0 Å². The van der Waals surface area contributed by atoms with Crippen LogP contribution in [0.15, 0.2) is 12.1 Å². The zero-order valence-corrected chi connectivity index (χ0v) is 12.9. The summed E-state index contributed by atoms with van der Waals surface area (Å²) in [7, 11) is 0. The van der Waals surface area contributed by atoms with Gasteiger partial charge in [-0.25, -0.2) is 4.79 Å². The van der Waals surface area contributed by atoms with E-state index < -0.39 is 6.16 Å². The monoisotopic (exact) mass is 308 g/mol. The van der Waals surface area contributed by atoms with Gasteiger partial charge in [-0.15, -0.1) is 0 Å². The molecule has 114 valence electrons. The molecule has 0 aliphatic heterocycles. The Morgan fingerprint density at radius 3 is 2.71 bits per heavy atom. The number of hydrogen-bond donors (Lipinski definition) is 1. The molecule has 2 aliphatic rings. The number of fused-ring (bicyclic) bond motifs is 1. The summed E-state index contributed by atoms with van der Waals surface area (Å²) >= 11 is 6.43. The molecule has 0 saturated heterocycles. The van der Waals surface area contributed by atoms with Crippen molar-refractivity contribution in [2.75, 3.05) is 0 Å². The van der Waals surface area contributed by atoms with Gasteiger partial charge in [-0.1, -0.05) is 49.8 Å². The molecule has 1 saturated carbocycles. The third-order valence-corrected chi connectivity index (χ3v) is 5.16. The molecule has 0 amide bonds. The molecule has 0 radical (unpaired) electrons. The number of rotatable bonds is 3. The van der Waals surface area contributed by atoms with E-state index in [0.29, 0.717) is 0 Å². The topological polar surface area (TPSA) is 46.5 Å². The summed E-state index contributed by atoms with van der Waals surface area (Å²) in [4.78, 5) is 10.7. The van der Waals surface area contributed by atoms with Gasteiger partial charge in [0.25, 0.3) is 0 Å². The molecule has 21 heavy (non-hydrogen) atoms. The zero-order valence-electron chi connectivity index (χ0n) is 12.1. The van der Waals surface area contributed by atoms with Gasteiger partial charge >= 0.3 is 6.16 Å². The molecular weight excluding hydrogens is 288 g/mol. The van der Waals surface area contributed by atoms with E-state index in [-0.39, 0.29) is 6.10 Å². The summed E-state index contributed by atoms with van der Waals surface area (Å²) in [6.07, 6.45) is 7.74. The summed E-state index contributed by atoms with van der Waals surface area (Å²) in [6.45, 7) is 0. The molecule has 1 N–H and O–H groups in total.